The SMILES string of the molecule is CCC[C@H]1S/C(=N\N=C/c2ccc(Cl)cc2)N(Cc2ccccc2)C1=O. The van der Waals surface area contributed by atoms with Gasteiger partial charge in [0.1, 0.15) is 0 Å². The third kappa shape index (κ3) is 4.74. The smallest absolute Gasteiger partial charge is 0.242 e. The molecule has 0 bridgehead atoms. The lowest BCUT2D eigenvalue weighted by Gasteiger charge is -2.15. The highest BCUT2D eigenvalue weighted by molar-refractivity contribution is 8.15. The number of nitrogens with zero attached hydrogens (tertiary/aromatic N) is 3. The fraction of sp³-hybridized carbons (Fsp3) is 0.250. The first kappa shape index (κ1) is 18.7. The molecule has 1 atom stereocenters. The molecular formula is C20H20ClN3OS. The highest BCUT2D eigenvalue weighted by atomic mass is 35.5. The number of halogens is 1. The molecule has 0 aliphatic carbocycles. The van der Waals surface area contributed by atoms with Crippen molar-refractivity contribution in [2.75, 3.05) is 0 Å². The van der Waals surface area contributed by atoms with E-state index < -0.39 is 0 Å². The van der Waals surface area contributed by atoms with Crippen molar-refractivity contribution in [1.82, 2.24) is 4.90 Å². The zero-order valence-corrected chi connectivity index (χ0v) is 16.1. The molecule has 26 heavy (non-hydrogen) atoms. The van der Waals surface area contributed by atoms with Gasteiger partial charge in [-0.3, -0.25) is 9.69 Å². The predicted octanol–water partition coefficient (Wildman–Crippen LogP) is 4.97. The van der Waals surface area contributed by atoms with E-state index in [4.69, 9.17) is 11.6 Å². The lowest BCUT2D eigenvalue weighted by atomic mass is 10.2. The van der Waals surface area contributed by atoms with Crippen LogP contribution < -0.4 is 0 Å². The van der Waals surface area contributed by atoms with Gasteiger partial charge in [-0.25, -0.2) is 0 Å². The number of hydrogen-bond donors (Lipinski definition) is 0. The number of carbonyl (C=O) groups is 1. The molecule has 0 radical (unpaired) electrons. The fourth-order valence-corrected chi connectivity index (χ4v) is 3.97. The first-order valence-electron chi connectivity index (χ1n) is 8.56. The van der Waals surface area contributed by atoms with Crippen LogP contribution in [0.5, 0.6) is 0 Å². The molecule has 3 rings (SSSR count). The van der Waals surface area contributed by atoms with Gasteiger partial charge < -0.3 is 0 Å². The second-order valence-corrected chi connectivity index (χ2v) is 7.59. The van der Waals surface area contributed by atoms with Gasteiger partial charge in [-0.1, -0.05) is 79.2 Å². The second-order valence-electron chi connectivity index (χ2n) is 5.98. The molecule has 1 aliphatic heterocycles. The van der Waals surface area contributed by atoms with E-state index in [0.29, 0.717) is 16.7 Å². The highest BCUT2D eigenvalue weighted by Crippen LogP contribution is 2.31. The normalized spacial score (nSPS) is 19.0. The van der Waals surface area contributed by atoms with Gasteiger partial charge in [0.05, 0.1) is 18.0 Å². The first-order chi connectivity index (χ1) is 12.7. The Bertz CT molecular complexity index is 806. The van der Waals surface area contributed by atoms with E-state index in [1.165, 1.54) is 11.8 Å². The summed E-state index contributed by atoms with van der Waals surface area (Å²) in [5, 5.41) is 9.76. The van der Waals surface area contributed by atoms with Crippen LogP contribution in [0.1, 0.15) is 30.9 Å². The van der Waals surface area contributed by atoms with Crippen molar-refractivity contribution in [1.29, 1.82) is 0 Å². The van der Waals surface area contributed by atoms with Crippen LogP contribution >= 0.6 is 23.4 Å². The molecule has 1 heterocycles. The van der Waals surface area contributed by atoms with Gasteiger partial charge in [0.25, 0.3) is 0 Å². The van der Waals surface area contributed by atoms with Crippen LogP contribution in [0.2, 0.25) is 5.02 Å². The summed E-state index contributed by atoms with van der Waals surface area (Å²) in [6.07, 6.45) is 3.47. The monoisotopic (exact) mass is 385 g/mol. The Labute approximate surface area is 163 Å². The number of carbonyl (C=O) groups excluding carboxylic acids is 1. The predicted molar refractivity (Wildman–Crippen MR) is 110 cm³/mol. The quantitative estimate of drug-likeness (QED) is 0.520. The molecule has 134 valence electrons. The largest absolute Gasteiger partial charge is 0.284 e. The van der Waals surface area contributed by atoms with Gasteiger partial charge in [-0.2, -0.15) is 5.10 Å². The average Bonchev–Trinajstić information content (AvgIpc) is 2.94. The lowest BCUT2D eigenvalue weighted by Crippen LogP contribution is -2.31. The Morgan fingerprint density at radius 1 is 1.15 bits per heavy atom. The summed E-state index contributed by atoms with van der Waals surface area (Å²) in [6.45, 7) is 2.60. The summed E-state index contributed by atoms with van der Waals surface area (Å²) < 4.78 is 0. The van der Waals surface area contributed by atoms with Crippen molar-refractivity contribution in [3.05, 3.63) is 70.7 Å². The van der Waals surface area contributed by atoms with Crippen molar-refractivity contribution in [2.24, 2.45) is 10.2 Å². The number of amidine groups is 1. The molecule has 1 fully saturated rings. The van der Waals surface area contributed by atoms with E-state index in [1.807, 2.05) is 54.6 Å². The Balaban J connectivity index is 1.79. The maximum absolute atomic E-state index is 12.7. The van der Waals surface area contributed by atoms with Gasteiger partial charge >= 0.3 is 0 Å². The van der Waals surface area contributed by atoms with Crippen molar-refractivity contribution in [3.63, 3.8) is 0 Å². The number of rotatable bonds is 6. The molecule has 1 aliphatic rings. The Hall–Kier alpha value is -2.11. The second kappa shape index (κ2) is 9.01. The maximum atomic E-state index is 12.7. The molecule has 0 saturated carbocycles. The summed E-state index contributed by atoms with van der Waals surface area (Å²) in [7, 11) is 0. The Morgan fingerprint density at radius 2 is 1.88 bits per heavy atom. The summed E-state index contributed by atoms with van der Waals surface area (Å²) in [4.78, 5) is 14.5. The fourth-order valence-electron chi connectivity index (χ4n) is 2.64. The number of amides is 1. The Morgan fingerprint density at radius 3 is 2.58 bits per heavy atom. The van der Waals surface area contributed by atoms with Crippen molar-refractivity contribution >= 4 is 40.7 Å². The van der Waals surface area contributed by atoms with Gasteiger partial charge in [0.2, 0.25) is 5.91 Å². The molecule has 0 aromatic heterocycles. The topological polar surface area (TPSA) is 45.0 Å². The zero-order valence-electron chi connectivity index (χ0n) is 14.5. The van der Waals surface area contributed by atoms with Crippen LogP contribution in [0.25, 0.3) is 0 Å². The molecular weight excluding hydrogens is 366 g/mol. The van der Waals surface area contributed by atoms with E-state index in [2.05, 4.69) is 17.1 Å². The average molecular weight is 386 g/mol. The Kier molecular flexibility index (Phi) is 6.47. The molecule has 2 aromatic rings. The van der Waals surface area contributed by atoms with E-state index in [0.717, 1.165) is 24.0 Å². The standard InChI is InChI=1S/C20H20ClN3OS/c1-2-6-18-19(25)24(14-16-7-4-3-5-8-16)20(26-18)23-22-13-15-9-11-17(21)12-10-15/h3-5,7-13,18H,2,6,14H2,1H3/b22-13-,23-20-/t18-/m1/s1. The third-order valence-corrected chi connectivity index (χ3v) is 5.46. The van der Waals surface area contributed by atoms with E-state index in [1.54, 1.807) is 11.1 Å². The van der Waals surface area contributed by atoms with Crippen molar-refractivity contribution in [3.8, 4) is 0 Å². The van der Waals surface area contributed by atoms with Gasteiger partial charge in [-0.05, 0) is 29.7 Å². The molecule has 0 unspecified atom stereocenters. The summed E-state index contributed by atoms with van der Waals surface area (Å²) >= 11 is 7.39. The highest BCUT2D eigenvalue weighted by Gasteiger charge is 2.37. The van der Waals surface area contributed by atoms with Crippen LogP contribution in [-0.4, -0.2) is 27.4 Å². The molecule has 0 spiro atoms. The molecule has 0 N–H and O–H groups in total. The molecule has 1 amide bonds. The van der Waals surface area contributed by atoms with Crippen LogP contribution in [-0.2, 0) is 11.3 Å². The summed E-state index contributed by atoms with van der Waals surface area (Å²) in [5.41, 5.74) is 1.99. The summed E-state index contributed by atoms with van der Waals surface area (Å²) in [5.74, 6) is 0.112. The minimum absolute atomic E-state index is 0.0757. The van der Waals surface area contributed by atoms with E-state index in [9.17, 15) is 4.79 Å². The lowest BCUT2D eigenvalue weighted by molar-refractivity contribution is -0.126. The van der Waals surface area contributed by atoms with Crippen LogP contribution in [0, 0.1) is 0 Å². The van der Waals surface area contributed by atoms with E-state index in [-0.39, 0.29) is 11.2 Å². The number of hydrogen-bond acceptors (Lipinski definition) is 4. The molecule has 1 saturated heterocycles. The van der Waals surface area contributed by atoms with Crippen LogP contribution in [0.4, 0.5) is 0 Å². The summed E-state index contributed by atoms with van der Waals surface area (Å²) in [6, 6.07) is 17.3. The van der Waals surface area contributed by atoms with Crippen LogP contribution in [0.15, 0.2) is 64.8 Å². The van der Waals surface area contributed by atoms with Gasteiger partial charge in [0.15, 0.2) is 5.17 Å². The molecule has 4 nitrogen and oxygen atoms in total. The minimum atomic E-state index is -0.0757. The van der Waals surface area contributed by atoms with E-state index >= 15 is 0 Å². The number of benzene rings is 2. The molecule has 2 aromatic carbocycles. The van der Waals surface area contributed by atoms with Gasteiger partial charge in [0, 0.05) is 5.02 Å². The minimum Gasteiger partial charge on any atom is -0.284 e. The third-order valence-electron chi connectivity index (χ3n) is 3.97. The van der Waals surface area contributed by atoms with Crippen molar-refractivity contribution in [2.45, 2.75) is 31.6 Å². The number of thioether (sulfide) groups is 1. The molecule has 6 heteroatoms. The van der Waals surface area contributed by atoms with Crippen molar-refractivity contribution < 1.29 is 4.79 Å². The zero-order chi connectivity index (χ0) is 18.4. The maximum Gasteiger partial charge on any atom is 0.242 e. The van der Waals surface area contributed by atoms with Crippen LogP contribution in [0.3, 0.4) is 0 Å². The van der Waals surface area contributed by atoms with Gasteiger partial charge in [-0.15, -0.1) is 5.10 Å². The first-order valence-corrected chi connectivity index (χ1v) is 9.81.